The maximum Gasteiger partial charge on any atom is 0.264 e. The first kappa shape index (κ1) is 37.8. The molecule has 1 amide bonds. The number of fused-ring (bicyclic) bond motifs is 3. The molecule has 0 aromatic heterocycles. The molecule has 2 bridgehead atoms. The average molecular weight is 750 g/mol. The minimum Gasteiger partial charge on any atom is -0.491 e. The van der Waals surface area contributed by atoms with Gasteiger partial charge in [0.15, 0.2) is 0 Å². The third kappa shape index (κ3) is 8.39. The van der Waals surface area contributed by atoms with Crippen molar-refractivity contribution in [1.29, 1.82) is 0 Å². The first-order valence-corrected chi connectivity index (χ1v) is 22.3. The lowest BCUT2D eigenvalue weighted by atomic mass is 9.66. The third-order valence-corrected chi connectivity index (χ3v) is 15.7. The summed E-state index contributed by atoms with van der Waals surface area (Å²) in [6.07, 6.45) is 17.8. The molecule has 0 unspecified atom stereocenters. The molecule has 5 aliphatic rings. The van der Waals surface area contributed by atoms with Crippen LogP contribution in [0, 0.1) is 35.5 Å². The third-order valence-electron chi connectivity index (χ3n) is 13.5. The maximum absolute atomic E-state index is 13.6. The van der Waals surface area contributed by atoms with Gasteiger partial charge in [-0.1, -0.05) is 69.4 Å². The fraction of sp³-hybridized carbons (Fsp3) is 0.651. The van der Waals surface area contributed by atoms with Crippen molar-refractivity contribution >= 4 is 33.2 Å². The Morgan fingerprint density at radius 3 is 2.56 bits per heavy atom. The zero-order chi connectivity index (χ0) is 36.4. The van der Waals surface area contributed by atoms with Crippen LogP contribution >= 0.6 is 11.6 Å². The molecule has 2 saturated carbocycles. The molecule has 3 heterocycles. The predicted octanol–water partition coefficient (Wildman–Crippen LogP) is 8.86. The standard InChI is InChI=1S/C43H60ClN3O4S/c1-4-5-10-32-22-38(44)16-18-39(32)37-27-47-26-36-14-17-40(36)35(25-46-21-20-31-11-6-7-12-34(31)24-46)13-8-9-29(2)30(3)52(49,50)45-43(48)33-15-19-42(51-28-37)41(47)23-33/h8,13,15-16,18-19,22-23,29-31,34-37,40H,4-7,9-12,14,17,20-21,24-28H2,1-3H3,(H,45,48)/b13-8+/t29-,30+,31+,34+,35+,36-,37-,40-/m0/s1. The molecule has 1 N–H and O–H groups in total. The number of nitrogens with zero attached hydrogens (tertiary/aromatic N) is 2. The van der Waals surface area contributed by atoms with Gasteiger partial charge in [0.25, 0.3) is 5.91 Å². The van der Waals surface area contributed by atoms with Crippen molar-refractivity contribution in [2.75, 3.05) is 44.2 Å². The van der Waals surface area contributed by atoms with Crippen molar-refractivity contribution in [2.45, 2.75) is 103 Å². The topological polar surface area (TPSA) is 79.0 Å². The Kier molecular flexibility index (Phi) is 11.9. The number of carbonyl (C=O) groups is 1. The molecular formula is C43H60ClN3O4S. The normalized spacial score (nSPS) is 33.0. The number of likely N-dealkylation sites (tertiary alicyclic amines) is 1. The first-order chi connectivity index (χ1) is 25.1. The smallest absolute Gasteiger partial charge is 0.264 e. The van der Waals surface area contributed by atoms with E-state index in [1.165, 1.54) is 69.2 Å². The number of rotatable bonds is 6. The van der Waals surface area contributed by atoms with Crippen LogP contribution in [-0.4, -0.2) is 63.8 Å². The van der Waals surface area contributed by atoms with E-state index in [2.05, 4.69) is 45.7 Å². The van der Waals surface area contributed by atoms with Crippen LogP contribution in [0.1, 0.15) is 112 Å². The van der Waals surface area contributed by atoms with Gasteiger partial charge in [-0.3, -0.25) is 4.79 Å². The average Bonchev–Trinajstić information content (AvgIpc) is 3.30. The monoisotopic (exact) mass is 749 g/mol. The minimum atomic E-state index is -3.89. The minimum absolute atomic E-state index is 0.119. The molecule has 1 saturated heterocycles. The van der Waals surface area contributed by atoms with E-state index in [4.69, 9.17) is 16.3 Å². The largest absolute Gasteiger partial charge is 0.491 e. The number of hydrogen-bond donors (Lipinski definition) is 1. The Morgan fingerprint density at radius 1 is 0.942 bits per heavy atom. The highest BCUT2D eigenvalue weighted by Gasteiger charge is 2.41. The van der Waals surface area contributed by atoms with Crippen LogP contribution in [0.5, 0.6) is 5.75 Å². The lowest BCUT2D eigenvalue weighted by Crippen LogP contribution is -2.48. The number of sulfonamides is 1. The van der Waals surface area contributed by atoms with Gasteiger partial charge in [-0.05, 0) is 135 Å². The number of unbranched alkanes of at least 4 members (excludes halogenated alkanes) is 1. The van der Waals surface area contributed by atoms with E-state index in [-0.39, 0.29) is 11.8 Å². The number of amides is 1. The lowest BCUT2D eigenvalue weighted by Gasteiger charge is -2.47. The number of allylic oxidation sites excluding steroid dienone is 1. The van der Waals surface area contributed by atoms with Crippen LogP contribution in [0.15, 0.2) is 48.6 Å². The Labute approximate surface area is 317 Å². The molecule has 0 spiro atoms. The van der Waals surface area contributed by atoms with E-state index in [0.717, 1.165) is 67.2 Å². The Morgan fingerprint density at radius 2 is 1.77 bits per heavy atom. The Hall–Kier alpha value is -2.55. The van der Waals surface area contributed by atoms with Crippen LogP contribution in [-0.2, 0) is 16.4 Å². The van der Waals surface area contributed by atoms with Gasteiger partial charge in [0.1, 0.15) is 5.75 Å². The van der Waals surface area contributed by atoms with E-state index in [1.54, 1.807) is 13.0 Å². The zero-order valence-electron chi connectivity index (χ0n) is 31.6. The van der Waals surface area contributed by atoms with E-state index < -0.39 is 21.2 Å². The molecule has 9 heteroatoms. The van der Waals surface area contributed by atoms with Crippen molar-refractivity contribution in [3.8, 4) is 5.75 Å². The zero-order valence-corrected chi connectivity index (χ0v) is 33.1. The van der Waals surface area contributed by atoms with Gasteiger partial charge in [-0.25, -0.2) is 13.1 Å². The van der Waals surface area contributed by atoms with Crippen molar-refractivity contribution in [1.82, 2.24) is 9.62 Å². The van der Waals surface area contributed by atoms with Gasteiger partial charge in [0.2, 0.25) is 10.0 Å². The Balaban J connectivity index is 1.22. The molecule has 8 atom stereocenters. The van der Waals surface area contributed by atoms with E-state index in [9.17, 15) is 13.2 Å². The number of nitrogens with one attached hydrogen (secondary N) is 1. The highest BCUT2D eigenvalue weighted by molar-refractivity contribution is 7.90. The molecule has 2 aromatic carbocycles. The highest BCUT2D eigenvalue weighted by Crippen LogP contribution is 2.45. The molecule has 7 rings (SSSR count). The number of piperidine rings is 1. The van der Waals surface area contributed by atoms with Gasteiger partial charge in [-0.15, -0.1) is 0 Å². The van der Waals surface area contributed by atoms with E-state index >= 15 is 0 Å². The quantitative estimate of drug-likeness (QED) is 0.298. The summed E-state index contributed by atoms with van der Waals surface area (Å²) < 4.78 is 36.1. The van der Waals surface area contributed by atoms with Crippen molar-refractivity contribution in [3.63, 3.8) is 0 Å². The van der Waals surface area contributed by atoms with Crippen molar-refractivity contribution < 1.29 is 17.9 Å². The summed E-state index contributed by atoms with van der Waals surface area (Å²) >= 11 is 6.53. The first-order valence-electron chi connectivity index (χ1n) is 20.3. The summed E-state index contributed by atoms with van der Waals surface area (Å²) in [5.41, 5.74) is 3.78. The van der Waals surface area contributed by atoms with Crippen molar-refractivity contribution in [3.05, 3.63) is 70.3 Å². The second-order valence-corrected chi connectivity index (χ2v) is 19.4. The van der Waals surface area contributed by atoms with Crippen LogP contribution in [0.25, 0.3) is 0 Å². The second-order valence-electron chi connectivity index (χ2n) is 16.9. The van der Waals surface area contributed by atoms with Crippen LogP contribution in [0.4, 0.5) is 5.69 Å². The number of aryl methyl sites for hydroxylation is 1. The van der Waals surface area contributed by atoms with Crippen molar-refractivity contribution in [2.24, 2.45) is 35.5 Å². The Bertz CT molecular complexity index is 1710. The highest BCUT2D eigenvalue weighted by atomic mass is 35.5. The molecule has 0 radical (unpaired) electrons. The number of anilines is 1. The number of carbonyl (C=O) groups excluding carboxylic acids is 1. The van der Waals surface area contributed by atoms with Crippen LogP contribution in [0.2, 0.25) is 5.02 Å². The number of ether oxygens (including phenoxy) is 1. The van der Waals surface area contributed by atoms with E-state index in [1.807, 2.05) is 25.1 Å². The number of hydrogen-bond acceptors (Lipinski definition) is 6. The summed E-state index contributed by atoms with van der Waals surface area (Å²) in [5.74, 6) is 3.38. The van der Waals surface area contributed by atoms with Crippen LogP contribution in [0.3, 0.4) is 0 Å². The van der Waals surface area contributed by atoms with Gasteiger partial charge < -0.3 is 14.5 Å². The predicted molar refractivity (Wildman–Crippen MR) is 212 cm³/mol. The summed E-state index contributed by atoms with van der Waals surface area (Å²) in [5, 5.41) is 0.0491. The van der Waals surface area contributed by atoms with Gasteiger partial charge in [-0.2, -0.15) is 0 Å². The summed E-state index contributed by atoms with van der Waals surface area (Å²) in [7, 11) is -3.89. The molecule has 2 aromatic rings. The van der Waals surface area contributed by atoms with Gasteiger partial charge in [0.05, 0.1) is 17.5 Å². The molecule has 3 aliphatic heterocycles. The fourth-order valence-electron chi connectivity index (χ4n) is 9.95. The summed E-state index contributed by atoms with van der Waals surface area (Å²) in [4.78, 5) is 18.8. The fourth-order valence-corrected chi connectivity index (χ4v) is 11.4. The molecule has 3 fully saturated rings. The van der Waals surface area contributed by atoms with E-state index in [0.29, 0.717) is 36.3 Å². The van der Waals surface area contributed by atoms with Gasteiger partial charge in [0, 0.05) is 42.7 Å². The number of benzene rings is 2. The lowest BCUT2D eigenvalue weighted by molar-refractivity contribution is 0.0508. The van der Waals surface area contributed by atoms with Gasteiger partial charge >= 0.3 is 0 Å². The molecule has 2 aliphatic carbocycles. The maximum atomic E-state index is 13.6. The molecular weight excluding hydrogens is 690 g/mol. The molecule has 284 valence electrons. The molecule has 52 heavy (non-hydrogen) atoms. The number of halogens is 1. The SMILES string of the molecule is CCCCc1cc(Cl)ccc1[C@@H]1COc2ccc3cc2N(C1)C[C@@H]1CC[C@H]1[C@@H](CN1CC[C@H]2CCCC[C@@H]2C1)/C=C/C[C@H](C)[C@@H](C)S(=O)(=O)NC3=O. The summed E-state index contributed by atoms with van der Waals surface area (Å²) in [6.45, 7) is 11.6. The molecule has 7 nitrogen and oxygen atoms in total. The summed E-state index contributed by atoms with van der Waals surface area (Å²) in [6, 6.07) is 11.7. The van der Waals surface area contributed by atoms with Crippen LogP contribution < -0.4 is 14.4 Å². The second kappa shape index (κ2) is 16.4.